The number of quaternary nitrogens is 1. The van der Waals surface area contributed by atoms with Crippen LogP contribution in [0.15, 0.2) is 30.3 Å². The highest BCUT2D eigenvalue weighted by Gasteiger charge is 2.15. The lowest BCUT2D eigenvalue weighted by Crippen LogP contribution is -3.10. The van der Waals surface area contributed by atoms with Crippen molar-refractivity contribution in [3.05, 3.63) is 36.2 Å². The second-order valence-electron chi connectivity index (χ2n) is 5.77. The summed E-state index contributed by atoms with van der Waals surface area (Å²) >= 11 is 0. The number of likely N-dealkylation sites (tertiary alicyclic amines) is 1. The number of rotatable bonds is 4. The maximum absolute atomic E-state index is 5.84. The van der Waals surface area contributed by atoms with Crippen molar-refractivity contribution in [1.82, 2.24) is 15.0 Å². The van der Waals surface area contributed by atoms with Gasteiger partial charge in [0.25, 0.3) is 0 Å². The van der Waals surface area contributed by atoms with Gasteiger partial charge >= 0.3 is 0 Å². The summed E-state index contributed by atoms with van der Waals surface area (Å²) in [4.78, 5) is 14.5. The molecule has 22 heavy (non-hydrogen) atoms. The van der Waals surface area contributed by atoms with Crippen LogP contribution in [-0.4, -0.2) is 28.0 Å². The van der Waals surface area contributed by atoms with Gasteiger partial charge in [0.1, 0.15) is 6.54 Å². The van der Waals surface area contributed by atoms with Crippen LogP contribution in [0.4, 0.5) is 17.6 Å². The Hall–Kier alpha value is -2.21. The third-order valence-electron chi connectivity index (χ3n) is 3.95. The van der Waals surface area contributed by atoms with Crippen molar-refractivity contribution in [3.8, 4) is 0 Å². The standard InChI is InChI=1S/C16H22N6/c17-15-19-14(12-22-10-6-1-2-7-11-22)20-16(21-15)18-13-8-4-3-5-9-13/h3-5,8-9H,1-2,6-7,10-12H2,(H3,17,18,19,20,21)/p+1. The third-order valence-corrected chi connectivity index (χ3v) is 3.95. The molecular weight excluding hydrogens is 276 g/mol. The molecule has 6 nitrogen and oxygen atoms in total. The third kappa shape index (κ3) is 4.14. The van der Waals surface area contributed by atoms with E-state index in [1.165, 1.54) is 43.7 Å². The second kappa shape index (κ2) is 7.17. The first-order valence-electron chi connectivity index (χ1n) is 7.96. The number of nitrogens with two attached hydrogens (primary N) is 1. The van der Waals surface area contributed by atoms with E-state index in [9.17, 15) is 0 Å². The van der Waals surface area contributed by atoms with Crippen molar-refractivity contribution in [3.63, 3.8) is 0 Å². The maximum atomic E-state index is 5.84. The van der Waals surface area contributed by atoms with E-state index in [1.807, 2.05) is 30.3 Å². The normalized spacial score (nSPS) is 16.2. The van der Waals surface area contributed by atoms with Gasteiger partial charge in [0.05, 0.1) is 13.1 Å². The number of aromatic nitrogens is 3. The van der Waals surface area contributed by atoms with Crippen LogP contribution in [0.3, 0.4) is 0 Å². The molecule has 0 atom stereocenters. The summed E-state index contributed by atoms with van der Waals surface area (Å²) in [6.45, 7) is 3.19. The second-order valence-corrected chi connectivity index (χ2v) is 5.77. The van der Waals surface area contributed by atoms with Gasteiger partial charge in [-0.15, -0.1) is 0 Å². The minimum absolute atomic E-state index is 0.276. The van der Waals surface area contributed by atoms with E-state index in [-0.39, 0.29) is 5.95 Å². The zero-order valence-corrected chi connectivity index (χ0v) is 12.8. The fourth-order valence-electron chi connectivity index (χ4n) is 2.85. The highest BCUT2D eigenvalue weighted by molar-refractivity contribution is 5.53. The molecule has 1 aromatic carbocycles. The number of nitrogens with one attached hydrogen (secondary N) is 2. The summed E-state index contributed by atoms with van der Waals surface area (Å²) in [5.74, 6) is 1.56. The van der Waals surface area contributed by atoms with Gasteiger partial charge in [0.15, 0.2) is 5.82 Å². The Balaban J connectivity index is 1.71. The summed E-state index contributed by atoms with van der Waals surface area (Å²) in [6, 6.07) is 9.85. The molecule has 0 saturated carbocycles. The molecule has 2 heterocycles. The molecule has 0 unspecified atom stereocenters. The Labute approximate surface area is 130 Å². The van der Waals surface area contributed by atoms with Crippen LogP contribution >= 0.6 is 0 Å². The average molecular weight is 299 g/mol. The molecule has 1 aliphatic heterocycles. The molecule has 0 radical (unpaired) electrons. The van der Waals surface area contributed by atoms with E-state index < -0.39 is 0 Å². The average Bonchev–Trinajstić information content (AvgIpc) is 2.76. The molecule has 2 aromatic rings. The topological polar surface area (TPSA) is 81.2 Å². The number of nitrogens with zero attached hydrogens (tertiary/aromatic N) is 3. The van der Waals surface area contributed by atoms with Crippen LogP contribution in [0.5, 0.6) is 0 Å². The van der Waals surface area contributed by atoms with Crippen molar-refractivity contribution in [1.29, 1.82) is 0 Å². The summed E-state index contributed by atoms with van der Waals surface area (Å²) in [6.07, 6.45) is 5.24. The molecule has 116 valence electrons. The predicted octanol–water partition coefficient (Wildman–Crippen LogP) is 1.16. The summed E-state index contributed by atoms with van der Waals surface area (Å²) in [5.41, 5.74) is 6.78. The fourth-order valence-corrected chi connectivity index (χ4v) is 2.85. The van der Waals surface area contributed by atoms with Gasteiger partial charge in [-0.1, -0.05) is 18.2 Å². The Kier molecular flexibility index (Phi) is 4.80. The van der Waals surface area contributed by atoms with Crippen LogP contribution in [0.25, 0.3) is 0 Å². The minimum atomic E-state index is 0.276. The number of hydrogen-bond donors (Lipinski definition) is 3. The van der Waals surface area contributed by atoms with Gasteiger partial charge in [-0.05, 0) is 37.8 Å². The van der Waals surface area contributed by atoms with Crippen molar-refractivity contribution < 1.29 is 4.90 Å². The van der Waals surface area contributed by atoms with Crippen LogP contribution in [0, 0.1) is 0 Å². The maximum Gasteiger partial charge on any atom is 0.232 e. The number of nitrogen functional groups attached to an aromatic ring is 1. The molecule has 0 spiro atoms. The summed E-state index contributed by atoms with van der Waals surface area (Å²) in [7, 11) is 0. The molecule has 1 saturated heterocycles. The molecular formula is C16H23N6+. The zero-order valence-electron chi connectivity index (χ0n) is 12.8. The van der Waals surface area contributed by atoms with Crippen molar-refractivity contribution >= 4 is 17.6 Å². The zero-order chi connectivity index (χ0) is 15.2. The number of anilines is 3. The molecule has 1 aliphatic rings. The lowest BCUT2D eigenvalue weighted by Gasteiger charge is -2.16. The fraction of sp³-hybridized carbons (Fsp3) is 0.438. The van der Waals surface area contributed by atoms with Crippen molar-refractivity contribution in [2.24, 2.45) is 0 Å². The minimum Gasteiger partial charge on any atom is -0.368 e. The molecule has 4 N–H and O–H groups in total. The van der Waals surface area contributed by atoms with Crippen molar-refractivity contribution in [2.45, 2.75) is 32.2 Å². The van der Waals surface area contributed by atoms with Gasteiger partial charge < -0.3 is 16.0 Å². The van der Waals surface area contributed by atoms with E-state index in [2.05, 4.69) is 20.3 Å². The molecule has 0 bridgehead atoms. The summed E-state index contributed by atoms with van der Waals surface area (Å²) in [5, 5.41) is 3.18. The first kappa shape index (κ1) is 14.7. The Morgan fingerprint density at radius 1 is 0.955 bits per heavy atom. The van der Waals surface area contributed by atoms with E-state index in [1.54, 1.807) is 0 Å². The largest absolute Gasteiger partial charge is 0.368 e. The van der Waals surface area contributed by atoms with Crippen LogP contribution < -0.4 is 16.0 Å². The van der Waals surface area contributed by atoms with E-state index in [4.69, 9.17) is 5.73 Å². The Bertz CT molecular complexity index is 593. The first-order valence-corrected chi connectivity index (χ1v) is 7.96. The van der Waals surface area contributed by atoms with Gasteiger partial charge in [-0.2, -0.15) is 15.0 Å². The van der Waals surface area contributed by atoms with Gasteiger partial charge in [0, 0.05) is 5.69 Å². The number of hydrogen-bond acceptors (Lipinski definition) is 5. The van der Waals surface area contributed by atoms with Gasteiger partial charge in [-0.25, -0.2) is 0 Å². The smallest absolute Gasteiger partial charge is 0.232 e. The van der Waals surface area contributed by atoms with Crippen molar-refractivity contribution in [2.75, 3.05) is 24.1 Å². The van der Waals surface area contributed by atoms with E-state index in [0.717, 1.165) is 18.1 Å². The lowest BCUT2D eigenvalue weighted by molar-refractivity contribution is -0.913. The van der Waals surface area contributed by atoms with E-state index >= 15 is 0 Å². The van der Waals surface area contributed by atoms with E-state index in [0.29, 0.717) is 5.95 Å². The Morgan fingerprint density at radius 3 is 2.41 bits per heavy atom. The molecule has 3 rings (SSSR count). The molecule has 1 fully saturated rings. The molecule has 0 aliphatic carbocycles. The van der Waals surface area contributed by atoms with Crippen LogP contribution in [0.1, 0.15) is 31.5 Å². The highest BCUT2D eigenvalue weighted by Crippen LogP contribution is 2.12. The monoisotopic (exact) mass is 299 g/mol. The highest BCUT2D eigenvalue weighted by atomic mass is 15.2. The predicted molar refractivity (Wildman–Crippen MR) is 86.8 cm³/mol. The first-order chi connectivity index (χ1) is 10.8. The van der Waals surface area contributed by atoms with Gasteiger partial charge in [-0.3, -0.25) is 0 Å². The van der Waals surface area contributed by atoms with Crippen LogP contribution in [0.2, 0.25) is 0 Å². The SMILES string of the molecule is Nc1nc(C[NH+]2CCCCCC2)nc(Nc2ccccc2)n1. The van der Waals surface area contributed by atoms with Crippen LogP contribution in [-0.2, 0) is 6.54 Å². The van der Waals surface area contributed by atoms with Gasteiger partial charge in [0.2, 0.25) is 11.9 Å². The Morgan fingerprint density at radius 2 is 1.68 bits per heavy atom. The quantitative estimate of drug-likeness (QED) is 0.789. The number of benzene rings is 1. The molecule has 6 heteroatoms. The lowest BCUT2D eigenvalue weighted by atomic mass is 10.2. The number of para-hydroxylation sites is 1. The molecule has 1 aromatic heterocycles. The molecule has 0 amide bonds. The summed E-state index contributed by atoms with van der Waals surface area (Å²) < 4.78 is 0.